The summed E-state index contributed by atoms with van der Waals surface area (Å²) >= 11 is 0. The van der Waals surface area contributed by atoms with Crippen LogP contribution in [-0.2, 0) is 0 Å². The van der Waals surface area contributed by atoms with Gasteiger partial charge in [-0.25, -0.2) is 0 Å². The Hall–Kier alpha value is -0.440. The predicted octanol–water partition coefficient (Wildman–Crippen LogP) is 6.30. The van der Waals surface area contributed by atoms with E-state index in [1.54, 1.807) is 25.7 Å². The van der Waals surface area contributed by atoms with Gasteiger partial charge in [0.15, 0.2) is 0 Å². The monoisotopic (exact) mass is 312 g/mol. The third kappa shape index (κ3) is 2.49. The van der Waals surface area contributed by atoms with Crippen LogP contribution in [0, 0.1) is 58.7 Å². The van der Waals surface area contributed by atoms with Crippen molar-refractivity contribution < 1.29 is 0 Å². The standard InChI is InChI=1S/C23H36/c1-4-6-16-7-8-17-9-11-20-19(21(17)15-16)13-14-23(3)18(5-2)10-12-22(20)23/h16-22H,5,7-15H2,1-3H3/t16?,17?,18-,19-,20+,21-,22-,23+/m0/s1. The van der Waals surface area contributed by atoms with E-state index in [1.165, 1.54) is 38.5 Å². The minimum absolute atomic E-state index is 0.694. The zero-order valence-corrected chi connectivity index (χ0v) is 15.6. The van der Waals surface area contributed by atoms with E-state index in [0.29, 0.717) is 5.41 Å². The molecule has 4 aliphatic carbocycles. The largest absolute Gasteiger partial charge is 0.106 e. The molecule has 0 radical (unpaired) electrons. The lowest BCUT2D eigenvalue weighted by molar-refractivity contribution is -0.0660. The summed E-state index contributed by atoms with van der Waals surface area (Å²) in [6.07, 6.45) is 15.0. The van der Waals surface area contributed by atoms with Crippen LogP contribution in [0.3, 0.4) is 0 Å². The van der Waals surface area contributed by atoms with Crippen LogP contribution >= 0.6 is 0 Å². The Morgan fingerprint density at radius 1 is 0.913 bits per heavy atom. The minimum atomic E-state index is 0.694. The van der Waals surface area contributed by atoms with E-state index in [4.69, 9.17) is 0 Å². The van der Waals surface area contributed by atoms with Gasteiger partial charge in [-0.1, -0.05) is 20.3 Å². The first-order valence-electron chi connectivity index (χ1n) is 10.6. The molecule has 128 valence electrons. The average Bonchev–Trinajstić information content (AvgIpc) is 2.91. The molecule has 4 rings (SSSR count). The molecule has 0 aromatic heterocycles. The molecule has 4 fully saturated rings. The van der Waals surface area contributed by atoms with Crippen LogP contribution in [0.15, 0.2) is 0 Å². The van der Waals surface area contributed by atoms with E-state index in [-0.39, 0.29) is 0 Å². The van der Waals surface area contributed by atoms with Crippen LogP contribution in [-0.4, -0.2) is 0 Å². The Kier molecular flexibility index (Phi) is 4.28. The summed E-state index contributed by atoms with van der Waals surface area (Å²) in [5.74, 6) is 13.8. The molecule has 23 heavy (non-hydrogen) atoms. The van der Waals surface area contributed by atoms with Crippen molar-refractivity contribution in [3.05, 3.63) is 0 Å². The molecular formula is C23H36. The van der Waals surface area contributed by atoms with Gasteiger partial charge < -0.3 is 0 Å². The fraction of sp³-hybridized carbons (Fsp3) is 0.913. The Morgan fingerprint density at radius 3 is 2.52 bits per heavy atom. The highest BCUT2D eigenvalue weighted by atomic mass is 14.6. The molecule has 8 atom stereocenters. The van der Waals surface area contributed by atoms with E-state index >= 15 is 0 Å². The van der Waals surface area contributed by atoms with Crippen molar-refractivity contribution in [1.82, 2.24) is 0 Å². The van der Waals surface area contributed by atoms with E-state index in [2.05, 4.69) is 25.7 Å². The van der Waals surface area contributed by atoms with Crippen LogP contribution in [0.1, 0.15) is 85.0 Å². The molecule has 0 spiro atoms. The van der Waals surface area contributed by atoms with Gasteiger partial charge in [0.25, 0.3) is 0 Å². The summed E-state index contributed by atoms with van der Waals surface area (Å²) in [4.78, 5) is 0. The van der Waals surface area contributed by atoms with Crippen molar-refractivity contribution in [3.63, 3.8) is 0 Å². The summed E-state index contributed by atoms with van der Waals surface area (Å²) in [7, 11) is 0. The molecule has 2 unspecified atom stereocenters. The molecule has 0 aliphatic heterocycles. The van der Waals surface area contributed by atoms with Gasteiger partial charge in [-0.15, -0.1) is 11.8 Å². The smallest absolute Gasteiger partial charge is 0.0205 e. The Morgan fingerprint density at radius 2 is 1.74 bits per heavy atom. The first kappa shape index (κ1) is 16.1. The summed E-state index contributed by atoms with van der Waals surface area (Å²) in [5.41, 5.74) is 0.694. The highest BCUT2D eigenvalue weighted by Gasteiger charge is 2.56. The van der Waals surface area contributed by atoms with Crippen LogP contribution in [0.25, 0.3) is 0 Å². The SMILES string of the molecule is CC#CC1CCC2CC[C@@H]3[C@H](CC[C@]4(C)[C@@H](CC)CC[C@@H]34)[C@H]2C1. The topological polar surface area (TPSA) is 0 Å². The zero-order chi connectivity index (χ0) is 16.0. The summed E-state index contributed by atoms with van der Waals surface area (Å²) in [6.45, 7) is 7.15. The van der Waals surface area contributed by atoms with Gasteiger partial charge >= 0.3 is 0 Å². The molecule has 4 saturated carbocycles. The molecule has 0 aromatic carbocycles. The zero-order valence-electron chi connectivity index (χ0n) is 15.6. The van der Waals surface area contributed by atoms with E-state index in [1.807, 2.05) is 6.92 Å². The van der Waals surface area contributed by atoms with Gasteiger partial charge in [0.2, 0.25) is 0 Å². The number of fused-ring (bicyclic) bond motifs is 5. The van der Waals surface area contributed by atoms with Crippen molar-refractivity contribution in [2.45, 2.75) is 85.0 Å². The van der Waals surface area contributed by atoms with Crippen LogP contribution in [0.4, 0.5) is 0 Å². The van der Waals surface area contributed by atoms with Crippen molar-refractivity contribution in [3.8, 4) is 11.8 Å². The number of hydrogen-bond acceptors (Lipinski definition) is 0. The Bertz CT molecular complexity index is 494. The van der Waals surface area contributed by atoms with Gasteiger partial charge in [0.1, 0.15) is 0 Å². The molecule has 0 N–H and O–H groups in total. The first-order valence-corrected chi connectivity index (χ1v) is 10.6. The summed E-state index contributed by atoms with van der Waals surface area (Å²) in [6, 6.07) is 0. The van der Waals surface area contributed by atoms with Gasteiger partial charge in [0.05, 0.1) is 0 Å². The molecule has 0 heterocycles. The van der Waals surface area contributed by atoms with Crippen molar-refractivity contribution in [2.75, 3.05) is 0 Å². The lowest BCUT2D eigenvalue weighted by atomic mass is 9.49. The third-order valence-corrected chi connectivity index (χ3v) is 9.00. The Balaban J connectivity index is 1.55. The summed E-state index contributed by atoms with van der Waals surface area (Å²) in [5, 5.41) is 0. The molecule has 0 heteroatoms. The molecule has 0 saturated heterocycles. The van der Waals surface area contributed by atoms with Crippen molar-refractivity contribution in [1.29, 1.82) is 0 Å². The lowest BCUT2D eigenvalue weighted by Gasteiger charge is -2.56. The molecule has 0 nitrogen and oxygen atoms in total. The maximum atomic E-state index is 3.53. The highest BCUT2D eigenvalue weighted by Crippen LogP contribution is 2.64. The number of rotatable bonds is 1. The Labute approximate surface area is 144 Å². The molecular weight excluding hydrogens is 276 g/mol. The third-order valence-electron chi connectivity index (χ3n) is 9.00. The molecule has 0 bridgehead atoms. The quantitative estimate of drug-likeness (QED) is 0.498. The minimum Gasteiger partial charge on any atom is -0.106 e. The molecule has 4 aliphatic rings. The van der Waals surface area contributed by atoms with Gasteiger partial charge in [-0.3, -0.25) is 0 Å². The normalized spacial score (nSPS) is 51.9. The fourth-order valence-corrected chi connectivity index (χ4v) is 7.94. The van der Waals surface area contributed by atoms with E-state index < -0.39 is 0 Å². The van der Waals surface area contributed by atoms with Gasteiger partial charge in [0, 0.05) is 5.92 Å². The predicted molar refractivity (Wildman–Crippen MR) is 97.8 cm³/mol. The maximum absolute atomic E-state index is 3.53. The van der Waals surface area contributed by atoms with E-state index in [0.717, 1.165) is 41.4 Å². The molecule has 0 aromatic rings. The van der Waals surface area contributed by atoms with Gasteiger partial charge in [-0.05, 0) is 106 Å². The second kappa shape index (κ2) is 6.13. The van der Waals surface area contributed by atoms with Gasteiger partial charge in [-0.2, -0.15) is 0 Å². The maximum Gasteiger partial charge on any atom is 0.0205 e. The van der Waals surface area contributed by atoms with Crippen molar-refractivity contribution >= 4 is 0 Å². The molecule has 0 amide bonds. The number of hydrogen-bond donors (Lipinski definition) is 0. The van der Waals surface area contributed by atoms with Crippen LogP contribution in [0.5, 0.6) is 0 Å². The first-order chi connectivity index (χ1) is 11.2. The lowest BCUT2D eigenvalue weighted by Crippen LogP contribution is -2.48. The second-order valence-corrected chi connectivity index (χ2v) is 9.57. The van der Waals surface area contributed by atoms with Crippen molar-refractivity contribution in [2.24, 2.45) is 46.8 Å². The summed E-state index contributed by atoms with van der Waals surface area (Å²) < 4.78 is 0. The van der Waals surface area contributed by atoms with Crippen LogP contribution < -0.4 is 0 Å². The highest BCUT2D eigenvalue weighted by molar-refractivity contribution is 5.09. The average molecular weight is 313 g/mol. The van der Waals surface area contributed by atoms with E-state index in [9.17, 15) is 0 Å². The second-order valence-electron chi connectivity index (χ2n) is 9.57. The fourth-order valence-electron chi connectivity index (χ4n) is 7.94. The van der Waals surface area contributed by atoms with Crippen LogP contribution in [0.2, 0.25) is 0 Å².